The Kier molecular flexibility index (Phi) is 4.00. The molecule has 0 fully saturated rings. The molecule has 94 valence electrons. The lowest BCUT2D eigenvalue weighted by Gasteiger charge is -2.31. The van der Waals surface area contributed by atoms with Crippen LogP contribution < -0.4 is 5.32 Å². The molecule has 2 nitrogen and oxygen atoms in total. The highest BCUT2D eigenvalue weighted by atomic mass is 19.1. The second-order valence-corrected chi connectivity index (χ2v) is 4.63. The molecule has 0 radical (unpaired) electrons. The van der Waals surface area contributed by atoms with Gasteiger partial charge in [-0.3, -0.25) is 0 Å². The van der Waals surface area contributed by atoms with Crippen molar-refractivity contribution in [3.8, 4) is 0 Å². The van der Waals surface area contributed by atoms with Gasteiger partial charge in [0.15, 0.2) is 0 Å². The van der Waals surface area contributed by atoms with Crippen LogP contribution in [0.2, 0.25) is 0 Å². The Morgan fingerprint density at radius 1 is 1.35 bits per heavy atom. The Bertz CT molecular complexity index is 374. The van der Waals surface area contributed by atoms with Crippen molar-refractivity contribution < 1.29 is 4.39 Å². The Labute approximate surface area is 103 Å². The van der Waals surface area contributed by atoms with E-state index in [1.54, 1.807) is 6.07 Å². The van der Waals surface area contributed by atoms with Crippen LogP contribution in [0, 0.1) is 5.82 Å². The summed E-state index contributed by atoms with van der Waals surface area (Å²) < 4.78 is 13.3. The van der Waals surface area contributed by atoms with E-state index in [2.05, 4.69) is 24.1 Å². The summed E-state index contributed by atoms with van der Waals surface area (Å²) in [6, 6.07) is 5.08. The molecule has 1 aliphatic heterocycles. The molecule has 1 heterocycles. The van der Waals surface area contributed by atoms with Gasteiger partial charge >= 0.3 is 0 Å². The number of nitrogens with zero attached hydrogens (tertiary/aromatic N) is 1. The van der Waals surface area contributed by atoms with Gasteiger partial charge in [0, 0.05) is 24.7 Å². The first kappa shape index (κ1) is 12.4. The number of fused-ring (bicyclic) bond motifs is 1. The van der Waals surface area contributed by atoms with Gasteiger partial charge < -0.3 is 10.2 Å². The summed E-state index contributed by atoms with van der Waals surface area (Å²) in [6.45, 7) is 8.50. The molecule has 0 amide bonds. The summed E-state index contributed by atoms with van der Waals surface area (Å²) in [5, 5.41) is 3.34. The Balaban J connectivity index is 2.18. The van der Waals surface area contributed by atoms with Crippen molar-refractivity contribution in [2.75, 3.05) is 31.5 Å². The maximum atomic E-state index is 13.3. The molecule has 0 spiro atoms. The molecule has 0 aliphatic carbocycles. The van der Waals surface area contributed by atoms with E-state index in [0.29, 0.717) is 5.92 Å². The average molecular weight is 236 g/mol. The molecule has 0 aromatic heterocycles. The molecule has 0 saturated heterocycles. The minimum atomic E-state index is -0.128. The van der Waals surface area contributed by atoms with Crippen LogP contribution in [-0.4, -0.2) is 31.1 Å². The monoisotopic (exact) mass is 236 g/mol. The molecule has 1 atom stereocenters. The van der Waals surface area contributed by atoms with E-state index in [4.69, 9.17) is 0 Å². The molecular weight excluding hydrogens is 215 g/mol. The Morgan fingerprint density at radius 3 is 2.82 bits per heavy atom. The molecule has 1 unspecified atom stereocenters. The normalized spacial score (nSPS) is 18.9. The lowest BCUT2D eigenvalue weighted by atomic mass is 9.90. The lowest BCUT2D eigenvalue weighted by molar-refractivity contribution is 0.277. The number of hydrogen-bond donors (Lipinski definition) is 1. The van der Waals surface area contributed by atoms with Crippen molar-refractivity contribution >= 4 is 5.69 Å². The minimum absolute atomic E-state index is 0.128. The third-order valence-electron chi connectivity index (χ3n) is 3.63. The fourth-order valence-electron chi connectivity index (χ4n) is 2.55. The second kappa shape index (κ2) is 5.50. The first-order valence-electron chi connectivity index (χ1n) is 6.50. The van der Waals surface area contributed by atoms with Crippen molar-refractivity contribution in [1.29, 1.82) is 0 Å². The van der Waals surface area contributed by atoms with Gasteiger partial charge in [0.2, 0.25) is 0 Å². The van der Waals surface area contributed by atoms with Crippen molar-refractivity contribution in [2.45, 2.75) is 26.2 Å². The van der Waals surface area contributed by atoms with Gasteiger partial charge in [-0.1, -0.05) is 13.8 Å². The number of nitrogens with one attached hydrogen (secondary N) is 1. The maximum Gasteiger partial charge on any atom is 0.123 e. The predicted molar refractivity (Wildman–Crippen MR) is 70.0 cm³/mol. The molecule has 2 rings (SSSR count). The Morgan fingerprint density at radius 2 is 2.12 bits per heavy atom. The zero-order valence-corrected chi connectivity index (χ0v) is 10.7. The van der Waals surface area contributed by atoms with E-state index in [1.807, 2.05) is 6.07 Å². The fraction of sp³-hybridized carbons (Fsp3) is 0.571. The van der Waals surface area contributed by atoms with E-state index in [-0.39, 0.29) is 5.82 Å². The third kappa shape index (κ3) is 2.78. The number of anilines is 1. The van der Waals surface area contributed by atoms with Crippen molar-refractivity contribution in [3.05, 3.63) is 29.6 Å². The summed E-state index contributed by atoms with van der Waals surface area (Å²) in [4.78, 5) is 2.41. The van der Waals surface area contributed by atoms with Crippen molar-refractivity contribution in [2.24, 2.45) is 0 Å². The zero-order chi connectivity index (χ0) is 12.3. The van der Waals surface area contributed by atoms with Gasteiger partial charge in [0.1, 0.15) is 5.82 Å². The van der Waals surface area contributed by atoms with Crippen LogP contribution in [0.5, 0.6) is 0 Å². The van der Waals surface area contributed by atoms with Crippen molar-refractivity contribution in [3.63, 3.8) is 0 Å². The molecule has 0 bridgehead atoms. The highest BCUT2D eigenvalue weighted by Gasteiger charge is 2.21. The minimum Gasteiger partial charge on any atom is -0.385 e. The standard InChI is InChI=1S/C14H21FN2/c1-3-17(4-2)10-11-7-8-16-14-6-5-12(15)9-13(11)14/h5-6,9,11,16H,3-4,7-8,10H2,1-2H3. The quantitative estimate of drug-likeness (QED) is 0.864. The largest absolute Gasteiger partial charge is 0.385 e. The van der Waals surface area contributed by atoms with E-state index in [1.165, 1.54) is 6.07 Å². The zero-order valence-electron chi connectivity index (χ0n) is 10.7. The number of benzene rings is 1. The topological polar surface area (TPSA) is 15.3 Å². The molecule has 17 heavy (non-hydrogen) atoms. The van der Waals surface area contributed by atoms with E-state index in [9.17, 15) is 4.39 Å². The lowest BCUT2D eigenvalue weighted by Crippen LogP contribution is -2.31. The number of hydrogen-bond acceptors (Lipinski definition) is 2. The predicted octanol–water partition coefficient (Wildman–Crippen LogP) is 3.07. The van der Waals surface area contributed by atoms with Crippen LogP contribution in [0.4, 0.5) is 10.1 Å². The van der Waals surface area contributed by atoms with Gasteiger partial charge in [0.25, 0.3) is 0 Å². The summed E-state index contributed by atoms with van der Waals surface area (Å²) in [5.74, 6) is 0.332. The SMILES string of the molecule is CCN(CC)CC1CCNc2ccc(F)cc21. The molecule has 1 N–H and O–H groups in total. The van der Waals surface area contributed by atoms with E-state index in [0.717, 1.165) is 43.9 Å². The second-order valence-electron chi connectivity index (χ2n) is 4.63. The highest BCUT2D eigenvalue weighted by molar-refractivity contribution is 5.55. The van der Waals surface area contributed by atoms with Crippen LogP contribution in [0.15, 0.2) is 18.2 Å². The van der Waals surface area contributed by atoms with Crippen molar-refractivity contribution in [1.82, 2.24) is 4.90 Å². The molecular formula is C14H21FN2. The maximum absolute atomic E-state index is 13.3. The van der Waals surface area contributed by atoms with Gasteiger partial charge in [-0.25, -0.2) is 4.39 Å². The fourth-order valence-corrected chi connectivity index (χ4v) is 2.55. The summed E-state index contributed by atoms with van der Waals surface area (Å²) in [5.41, 5.74) is 2.25. The molecule has 1 aliphatic rings. The van der Waals surface area contributed by atoms with Gasteiger partial charge in [-0.2, -0.15) is 0 Å². The molecule has 1 aromatic rings. The smallest absolute Gasteiger partial charge is 0.123 e. The first-order chi connectivity index (χ1) is 8.24. The first-order valence-corrected chi connectivity index (χ1v) is 6.50. The molecule has 3 heteroatoms. The summed E-state index contributed by atoms with van der Waals surface area (Å²) in [7, 11) is 0. The number of likely N-dealkylation sites (N-methyl/N-ethyl adjacent to an activating group) is 1. The van der Waals surface area contributed by atoms with E-state index < -0.39 is 0 Å². The number of halogens is 1. The van der Waals surface area contributed by atoms with Crippen LogP contribution in [0.25, 0.3) is 0 Å². The molecule has 0 saturated carbocycles. The van der Waals surface area contributed by atoms with Crippen LogP contribution in [0.3, 0.4) is 0 Å². The molecule has 1 aromatic carbocycles. The van der Waals surface area contributed by atoms with Crippen LogP contribution >= 0.6 is 0 Å². The van der Waals surface area contributed by atoms with Gasteiger partial charge in [0.05, 0.1) is 0 Å². The third-order valence-corrected chi connectivity index (χ3v) is 3.63. The van der Waals surface area contributed by atoms with Crippen LogP contribution in [0.1, 0.15) is 31.7 Å². The van der Waals surface area contributed by atoms with Gasteiger partial charge in [-0.15, -0.1) is 0 Å². The summed E-state index contributed by atoms with van der Waals surface area (Å²) >= 11 is 0. The Hall–Kier alpha value is -1.09. The highest BCUT2D eigenvalue weighted by Crippen LogP contribution is 2.32. The number of rotatable bonds is 4. The van der Waals surface area contributed by atoms with Crippen LogP contribution in [-0.2, 0) is 0 Å². The van der Waals surface area contributed by atoms with E-state index >= 15 is 0 Å². The van der Waals surface area contributed by atoms with Gasteiger partial charge in [-0.05, 0) is 43.3 Å². The average Bonchev–Trinajstić information content (AvgIpc) is 2.36. The summed E-state index contributed by atoms with van der Waals surface area (Å²) in [6.07, 6.45) is 1.09.